The second-order valence-corrected chi connectivity index (χ2v) is 3.79. The molecule has 21 heavy (non-hydrogen) atoms. The molecule has 0 spiro atoms. The van der Waals surface area contributed by atoms with Crippen LogP contribution in [0.2, 0.25) is 0 Å². The monoisotopic (exact) mass is 346 g/mol. The topological polar surface area (TPSA) is 55.2 Å². The first-order valence-corrected chi connectivity index (χ1v) is 6.91. The van der Waals surface area contributed by atoms with Gasteiger partial charge in [-0.1, -0.05) is 27.8 Å². The van der Waals surface area contributed by atoms with Gasteiger partial charge in [0.15, 0.2) is 0 Å². The van der Waals surface area contributed by atoms with Crippen molar-refractivity contribution in [3.05, 3.63) is 49.1 Å². The van der Waals surface area contributed by atoms with E-state index < -0.39 is 0 Å². The lowest BCUT2D eigenvalue weighted by atomic mass is 10.5. The van der Waals surface area contributed by atoms with E-state index in [9.17, 15) is 0 Å². The first kappa shape index (κ1) is 18.5. The van der Waals surface area contributed by atoms with Gasteiger partial charge in [-0.25, -0.2) is 0 Å². The van der Waals surface area contributed by atoms with E-state index in [-0.39, 0.29) is 5.75 Å². The molecule has 0 atom stereocenters. The van der Waals surface area contributed by atoms with Crippen LogP contribution in [0.4, 0.5) is 0 Å². The Hall–Kier alpha value is -2.50. The molecule has 1 N–H and O–H groups in total. The molecule has 5 heteroatoms. The SMILES string of the molecule is C#CCBr.C#CCOc1cccnc1.Oc1cccnc1. The summed E-state index contributed by atoms with van der Waals surface area (Å²) >= 11 is 3.01. The van der Waals surface area contributed by atoms with Gasteiger partial charge in [-0.05, 0) is 24.3 Å². The third-order valence-electron chi connectivity index (χ3n) is 1.68. The molecular formula is C16H15BrN2O2. The lowest BCUT2D eigenvalue weighted by molar-refractivity contribution is 0.369. The summed E-state index contributed by atoms with van der Waals surface area (Å²) in [5, 5.41) is 9.23. The Balaban J connectivity index is 0.000000317. The Morgan fingerprint density at radius 1 is 1.10 bits per heavy atom. The molecule has 0 fully saturated rings. The number of aromatic nitrogens is 2. The maximum atomic E-state index is 8.57. The minimum absolute atomic E-state index is 0.211. The van der Waals surface area contributed by atoms with Gasteiger partial charge in [0.25, 0.3) is 0 Å². The Kier molecular flexibility index (Phi) is 12.3. The maximum Gasteiger partial charge on any atom is 0.148 e. The number of ether oxygens (including phenoxy) is 1. The highest BCUT2D eigenvalue weighted by Crippen LogP contribution is 2.04. The van der Waals surface area contributed by atoms with Gasteiger partial charge in [-0.2, -0.15) is 0 Å². The molecule has 2 aromatic rings. The van der Waals surface area contributed by atoms with Crippen LogP contribution in [0, 0.1) is 24.7 Å². The second kappa shape index (κ2) is 13.9. The quantitative estimate of drug-likeness (QED) is 0.671. The Morgan fingerprint density at radius 2 is 1.71 bits per heavy atom. The molecule has 2 rings (SSSR count). The summed E-state index contributed by atoms with van der Waals surface area (Å²) in [6.07, 6.45) is 16.0. The molecule has 0 aliphatic rings. The third-order valence-corrected chi connectivity index (χ3v) is 2.00. The third kappa shape index (κ3) is 12.3. The van der Waals surface area contributed by atoms with Crippen LogP contribution in [0.25, 0.3) is 0 Å². The van der Waals surface area contributed by atoms with Crippen LogP contribution >= 0.6 is 15.9 Å². The predicted octanol–water partition coefficient (Wildman–Crippen LogP) is 2.90. The van der Waals surface area contributed by atoms with Crippen LogP contribution in [0.15, 0.2) is 49.1 Å². The number of pyridine rings is 2. The first-order chi connectivity index (χ1) is 10.2. The highest BCUT2D eigenvalue weighted by molar-refractivity contribution is 9.09. The van der Waals surface area contributed by atoms with E-state index >= 15 is 0 Å². The van der Waals surface area contributed by atoms with E-state index in [2.05, 4.69) is 37.7 Å². The molecule has 2 aromatic heterocycles. The molecule has 2 heterocycles. The fraction of sp³-hybridized carbons (Fsp3) is 0.125. The summed E-state index contributed by atoms with van der Waals surface area (Å²) in [4.78, 5) is 7.48. The minimum atomic E-state index is 0.211. The van der Waals surface area contributed by atoms with Crippen molar-refractivity contribution in [1.82, 2.24) is 9.97 Å². The van der Waals surface area contributed by atoms with Crippen molar-refractivity contribution in [3.63, 3.8) is 0 Å². The number of hydrogen-bond donors (Lipinski definition) is 1. The summed E-state index contributed by atoms with van der Waals surface area (Å²) in [5.74, 6) is 5.63. The highest BCUT2D eigenvalue weighted by atomic mass is 79.9. The van der Waals surface area contributed by atoms with Crippen LogP contribution < -0.4 is 4.74 Å². The van der Waals surface area contributed by atoms with E-state index in [1.807, 2.05) is 6.07 Å². The van der Waals surface area contributed by atoms with Gasteiger partial charge in [0, 0.05) is 12.4 Å². The zero-order chi connectivity index (χ0) is 15.8. The summed E-state index contributed by atoms with van der Waals surface area (Å²) in [6, 6.07) is 6.86. The number of hydrogen-bond acceptors (Lipinski definition) is 4. The predicted molar refractivity (Wildman–Crippen MR) is 87.1 cm³/mol. The van der Waals surface area contributed by atoms with Crippen LogP contribution in [0.3, 0.4) is 0 Å². The van der Waals surface area contributed by atoms with Crippen molar-refractivity contribution in [2.45, 2.75) is 0 Å². The minimum Gasteiger partial charge on any atom is -0.506 e. The molecule has 0 unspecified atom stereocenters. The molecule has 0 aliphatic carbocycles. The second-order valence-electron chi connectivity index (χ2n) is 3.23. The largest absolute Gasteiger partial charge is 0.506 e. The average Bonchev–Trinajstić information content (AvgIpc) is 2.55. The van der Waals surface area contributed by atoms with Crippen molar-refractivity contribution < 1.29 is 9.84 Å². The molecule has 0 amide bonds. The molecule has 0 radical (unpaired) electrons. The van der Waals surface area contributed by atoms with Gasteiger partial charge in [-0.15, -0.1) is 12.8 Å². The van der Waals surface area contributed by atoms with Gasteiger partial charge in [0.2, 0.25) is 0 Å². The number of nitrogens with zero attached hydrogens (tertiary/aromatic N) is 2. The molecule has 0 aromatic carbocycles. The van der Waals surface area contributed by atoms with E-state index in [4.69, 9.17) is 22.7 Å². The number of aromatic hydroxyl groups is 1. The lowest BCUT2D eigenvalue weighted by Gasteiger charge is -1.97. The molecule has 108 valence electrons. The van der Waals surface area contributed by atoms with Crippen LogP contribution in [0.5, 0.6) is 11.5 Å². The van der Waals surface area contributed by atoms with Gasteiger partial charge >= 0.3 is 0 Å². The molecule has 0 bridgehead atoms. The number of rotatable bonds is 2. The summed E-state index contributed by atoms with van der Waals surface area (Å²) in [6.45, 7) is 0.297. The van der Waals surface area contributed by atoms with Crippen molar-refractivity contribution in [3.8, 4) is 36.2 Å². The van der Waals surface area contributed by atoms with Crippen molar-refractivity contribution in [2.75, 3.05) is 11.9 Å². The van der Waals surface area contributed by atoms with E-state index in [1.165, 1.54) is 6.20 Å². The Morgan fingerprint density at radius 3 is 2.05 bits per heavy atom. The molecule has 0 saturated carbocycles. The molecule has 0 saturated heterocycles. The van der Waals surface area contributed by atoms with E-state index in [1.54, 1.807) is 36.8 Å². The first-order valence-electron chi connectivity index (χ1n) is 5.79. The van der Waals surface area contributed by atoms with Crippen LogP contribution in [-0.2, 0) is 0 Å². The van der Waals surface area contributed by atoms with Crippen LogP contribution in [-0.4, -0.2) is 27.0 Å². The zero-order valence-electron chi connectivity index (χ0n) is 11.3. The molecule has 4 nitrogen and oxygen atoms in total. The van der Waals surface area contributed by atoms with Crippen molar-refractivity contribution in [1.29, 1.82) is 0 Å². The molecular weight excluding hydrogens is 332 g/mol. The van der Waals surface area contributed by atoms with E-state index in [0.717, 1.165) is 0 Å². The number of alkyl halides is 1. The maximum absolute atomic E-state index is 8.57. The average molecular weight is 347 g/mol. The van der Waals surface area contributed by atoms with Gasteiger partial charge < -0.3 is 9.84 Å². The molecule has 0 aliphatic heterocycles. The van der Waals surface area contributed by atoms with Crippen LogP contribution in [0.1, 0.15) is 0 Å². The lowest BCUT2D eigenvalue weighted by Crippen LogP contribution is -1.92. The van der Waals surface area contributed by atoms with Gasteiger partial charge in [0.1, 0.15) is 18.1 Å². The highest BCUT2D eigenvalue weighted by Gasteiger charge is 1.86. The zero-order valence-corrected chi connectivity index (χ0v) is 12.9. The van der Waals surface area contributed by atoms with E-state index in [0.29, 0.717) is 17.7 Å². The number of halogens is 1. The smallest absolute Gasteiger partial charge is 0.148 e. The Labute approximate surface area is 133 Å². The van der Waals surface area contributed by atoms with Gasteiger partial charge in [0.05, 0.1) is 17.7 Å². The van der Waals surface area contributed by atoms with Crippen molar-refractivity contribution >= 4 is 15.9 Å². The normalized spacial score (nSPS) is 7.76. The summed E-state index contributed by atoms with van der Waals surface area (Å²) < 4.78 is 5.06. The number of terminal acetylenes is 2. The summed E-state index contributed by atoms with van der Waals surface area (Å²) in [7, 11) is 0. The van der Waals surface area contributed by atoms with Crippen molar-refractivity contribution in [2.24, 2.45) is 0 Å². The fourth-order valence-electron chi connectivity index (χ4n) is 0.911. The Bertz CT molecular complexity index is 548. The standard InChI is InChI=1S/C8H7NO.C5H5NO.C3H3Br/c1-2-6-10-8-4-3-5-9-7-8;7-5-2-1-3-6-4-5;1-2-3-4/h1,3-5,7H,6H2;1-4,7H;1H,3H2. The summed E-state index contributed by atoms with van der Waals surface area (Å²) in [5.41, 5.74) is 0. The fourth-order valence-corrected chi connectivity index (χ4v) is 0.911. The van der Waals surface area contributed by atoms with Gasteiger partial charge in [-0.3, -0.25) is 9.97 Å².